The Morgan fingerprint density at radius 1 is 1.25 bits per heavy atom. The Morgan fingerprint density at radius 2 is 1.94 bits per heavy atom. The molecular formula is C14H30N2. The summed E-state index contributed by atoms with van der Waals surface area (Å²) in [7, 11) is 2.27. The van der Waals surface area contributed by atoms with Crippen molar-refractivity contribution in [3.63, 3.8) is 0 Å². The number of rotatable bonds is 3. The van der Waals surface area contributed by atoms with Gasteiger partial charge in [-0.05, 0) is 38.8 Å². The maximum Gasteiger partial charge on any atom is 0.0195 e. The van der Waals surface area contributed by atoms with Crippen molar-refractivity contribution in [2.45, 2.75) is 65.5 Å². The molecule has 96 valence electrons. The number of nitrogens with zero attached hydrogens (tertiary/aromatic N) is 1. The second kappa shape index (κ2) is 6.02. The summed E-state index contributed by atoms with van der Waals surface area (Å²) in [6.07, 6.45) is 5.51. The highest BCUT2D eigenvalue weighted by Crippen LogP contribution is 2.23. The van der Waals surface area contributed by atoms with Gasteiger partial charge in [-0.2, -0.15) is 0 Å². The smallest absolute Gasteiger partial charge is 0.0195 e. The van der Waals surface area contributed by atoms with Crippen molar-refractivity contribution in [2.24, 2.45) is 5.41 Å². The topological polar surface area (TPSA) is 15.3 Å². The van der Waals surface area contributed by atoms with Crippen LogP contribution in [0.25, 0.3) is 0 Å². The Labute approximate surface area is 102 Å². The Hall–Kier alpha value is -0.0800. The SMILES string of the molecule is CC(N(C)CC1CCCCCN1)C(C)(C)C. The van der Waals surface area contributed by atoms with E-state index in [-0.39, 0.29) is 0 Å². The molecule has 0 bridgehead atoms. The number of nitrogens with one attached hydrogen (secondary N) is 1. The lowest BCUT2D eigenvalue weighted by atomic mass is 9.87. The number of hydrogen-bond donors (Lipinski definition) is 1. The Morgan fingerprint density at radius 3 is 2.56 bits per heavy atom. The zero-order valence-corrected chi connectivity index (χ0v) is 11.8. The Bertz CT molecular complexity index is 187. The van der Waals surface area contributed by atoms with Gasteiger partial charge in [-0.3, -0.25) is 0 Å². The molecule has 2 heteroatoms. The van der Waals surface area contributed by atoms with Crippen LogP contribution >= 0.6 is 0 Å². The minimum Gasteiger partial charge on any atom is -0.313 e. The lowest BCUT2D eigenvalue weighted by Crippen LogP contribution is -2.46. The molecule has 1 heterocycles. The van der Waals surface area contributed by atoms with Crippen LogP contribution in [0.4, 0.5) is 0 Å². The van der Waals surface area contributed by atoms with Gasteiger partial charge in [0.15, 0.2) is 0 Å². The van der Waals surface area contributed by atoms with Gasteiger partial charge >= 0.3 is 0 Å². The molecule has 0 aliphatic carbocycles. The molecular weight excluding hydrogens is 196 g/mol. The van der Waals surface area contributed by atoms with Gasteiger partial charge in [0.05, 0.1) is 0 Å². The summed E-state index contributed by atoms with van der Waals surface area (Å²) in [5.74, 6) is 0. The maximum atomic E-state index is 3.68. The molecule has 0 aromatic rings. The van der Waals surface area contributed by atoms with Crippen LogP contribution in [0, 0.1) is 5.41 Å². The fourth-order valence-corrected chi connectivity index (χ4v) is 2.42. The van der Waals surface area contributed by atoms with E-state index in [4.69, 9.17) is 0 Å². The van der Waals surface area contributed by atoms with Crippen molar-refractivity contribution in [1.29, 1.82) is 0 Å². The van der Waals surface area contributed by atoms with E-state index < -0.39 is 0 Å². The first kappa shape index (κ1) is 14.0. The zero-order chi connectivity index (χ0) is 12.2. The summed E-state index contributed by atoms with van der Waals surface area (Å²) >= 11 is 0. The molecule has 2 atom stereocenters. The van der Waals surface area contributed by atoms with Crippen molar-refractivity contribution in [1.82, 2.24) is 10.2 Å². The van der Waals surface area contributed by atoms with E-state index in [0.29, 0.717) is 17.5 Å². The summed E-state index contributed by atoms with van der Waals surface area (Å²) in [5, 5.41) is 3.68. The molecule has 0 amide bonds. The molecule has 16 heavy (non-hydrogen) atoms. The standard InChI is InChI=1S/C14H30N2/c1-12(14(2,3)4)16(5)11-13-9-7-6-8-10-15-13/h12-13,15H,6-11H2,1-5H3. The van der Waals surface area contributed by atoms with Gasteiger partial charge in [0.2, 0.25) is 0 Å². The maximum absolute atomic E-state index is 3.68. The van der Waals surface area contributed by atoms with Gasteiger partial charge in [-0.1, -0.05) is 33.6 Å². The molecule has 1 saturated heterocycles. The molecule has 1 rings (SSSR count). The van der Waals surface area contributed by atoms with Crippen molar-refractivity contribution < 1.29 is 0 Å². The highest BCUT2D eigenvalue weighted by Gasteiger charge is 2.25. The van der Waals surface area contributed by atoms with Crippen LogP contribution in [-0.2, 0) is 0 Å². The van der Waals surface area contributed by atoms with E-state index in [1.807, 2.05) is 0 Å². The average Bonchev–Trinajstić information content (AvgIpc) is 2.43. The van der Waals surface area contributed by atoms with Gasteiger partial charge in [-0.15, -0.1) is 0 Å². The molecule has 0 aromatic heterocycles. The highest BCUT2D eigenvalue weighted by atomic mass is 15.2. The van der Waals surface area contributed by atoms with E-state index in [0.717, 1.165) is 0 Å². The number of hydrogen-bond acceptors (Lipinski definition) is 2. The van der Waals surface area contributed by atoms with Crippen LogP contribution in [0.1, 0.15) is 53.4 Å². The fourth-order valence-electron chi connectivity index (χ4n) is 2.42. The predicted molar refractivity (Wildman–Crippen MR) is 71.8 cm³/mol. The van der Waals surface area contributed by atoms with Crippen LogP contribution < -0.4 is 5.32 Å². The molecule has 0 spiro atoms. The molecule has 1 fully saturated rings. The molecule has 1 N–H and O–H groups in total. The van der Waals surface area contributed by atoms with Gasteiger partial charge in [0.1, 0.15) is 0 Å². The third-order valence-electron chi connectivity index (χ3n) is 4.09. The van der Waals surface area contributed by atoms with Crippen molar-refractivity contribution in [3.05, 3.63) is 0 Å². The minimum absolute atomic E-state index is 0.374. The van der Waals surface area contributed by atoms with Gasteiger partial charge < -0.3 is 10.2 Å². The summed E-state index contributed by atoms with van der Waals surface area (Å²) < 4.78 is 0. The fraction of sp³-hybridized carbons (Fsp3) is 1.00. The highest BCUT2D eigenvalue weighted by molar-refractivity contribution is 4.81. The average molecular weight is 226 g/mol. The van der Waals surface area contributed by atoms with E-state index in [2.05, 4.69) is 45.0 Å². The van der Waals surface area contributed by atoms with E-state index in [9.17, 15) is 0 Å². The largest absolute Gasteiger partial charge is 0.313 e. The lowest BCUT2D eigenvalue weighted by Gasteiger charge is -2.37. The molecule has 1 aliphatic rings. The van der Waals surface area contributed by atoms with E-state index >= 15 is 0 Å². The van der Waals surface area contributed by atoms with E-state index in [1.165, 1.54) is 38.8 Å². The van der Waals surface area contributed by atoms with Crippen LogP contribution in [0.5, 0.6) is 0 Å². The number of likely N-dealkylation sites (N-methyl/N-ethyl adjacent to an activating group) is 1. The monoisotopic (exact) mass is 226 g/mol. The first-order valence-corrected chi connectivity index (χ1v) is 6.85. The Balaban J connectivity index is 2.40. The minimum atomic E-state index is 0.374. The first-order chi connectivity index (χ1) is 7.41. The first-order valence-electron chi connectivity index (χ1n) is 6.85. The van der Waals surface area contributed by atoms with Gasteiger partial charge in [0, 0.05) is 18.6 Å². The third kappa shape index (κ3) is 4.42. The third-order valence-corrected chi connectivity index (χ3v) is 4.09. The van der Waals surface area contributed by atoms with Crippen molar-refractivity contribution in [3.8, 4) is 0 Å². The quantitative estimate of drug-likeness (QED) is 0.796. The molecule has 2 nitrogen and oxygen atoms in total. The Kier molecular flexibility index (Phi) is 5.26. The molecule has 0 aromatic carbocycles. The molecule has 0 radical (unpaired) electrons. The van der Waals surface area contributed by atoms with E-state index in [1.54, 1.807) is 0 Å². The van der Waals surface area contributed by atoms with Crippen LogP contribution in [-0.4, -0.2) is 37.1 Å². The zero-order valence-electron chi connectivity index (χ0n) is 11.8. The van der Waals surface area contributed by atoms with Crippen molar-refractivity contribution >= 4 is 0 Å². The van der Waals surface area contributed by atoms with Gasteiger partial charge in [-0.25, -0.2) is 0 Å². The summed E-state index contributed by atoms with van der Waals surface area (Å²) in [5.41, 5.74) is 0.374. The normalized spacial score (nSPS) is 25.5. The predicted octanol–water partition coefficient (Wildman–Crippen LogP) is 2.89. The van der Waals surface area contributed by atoms with Crippen LogP contribution in [0.3, 0.4) is 0 Å². The van der Waals surface area contributed by atoms with Crippen molar-refractivity contribution in [2.75, 3.05) is 20.1 Å². The van der Waals surface area contributed by atoms with Crippen LogP contribution in [0.2, 0.25) is 0 Å². The lowest BCUT2D eigenvalue weighted by molar-refractivity contribution is 0.128. The molecule has 0 saturated carbocycles. The summed E-state index contributed by atoms with van der Waals surface area (Å²) in [4.78, 5) is 2.52. The second-order valence-corrected chi connectivity index (χ2v) is 6.48. The molecule has 1 aliphatic heterocycles. The summed E-state index contributed by atoms with van der Waals surface area (Å²) in [6.45, 7) is 11.7. The van der Waals surface area contributed by atoms with Gasteiger partial charge in [0.25, 0.3) is 0 Å². The van der Waals surface area contributed by atoms with Crippen LogP contribution in [0.15, 0.2) is 0 Å². The molecule has 2 unspecified atom stereocenters. The second-order valence-electron chi connectivity index (χ2n) is 6.48. The summed E-state index contributed by atoms with van der Waals surface area (Å²) in [6, 6.07) is 1.34.